The summed E-state index contributed by atoms with van der Waals surface area (Å²) in [4.78, 5) is 12.2. The van der Waals surface area contributed by atoms with Crippen molar-refractivity contribution < 1.29 is 4.79 Å². The fourth-order valence-electron chi connectivity index (χ4n) is 2.95. The van der Waals surface area contributed by atoms with Crippen LogP contribution in [0.5, 0.6) is 0 Å². The number of nitrogens with zero attached hydrogens (tertiary/aromatic N) is 4. The monoisotopic (exact) mass is 336 g/mol. The van der Waals surface area contributed by atoms with Crippen molar-refractivity contribution in [2.24, 2.45) is 11.7 Å². The molecule has 7 nitrogen and oxygen atoms in total. The average Bonchev–Trinajstić information content (AvgIpc) is 3.04. The molecule has 0 aliphatic heterocycles. The summed E-state index contributed by atoms with van der Waals surface area (Å²) in [6.45, 7) is 0. The van der Waals surface area contributed by atoms with Gasteiger partial charge in [-0.05, 0) is 47.4 Å². The maximum atomic E-state index is 12.2. The van der Waals surface area contributed by atoms with Crippen LogP contribution in [0.4, 0.5) is 5.69 Å². The average molecular weight is 337 g/mol. The molecule has 1 aliphatic rings. The van der Waals surface area contributed by atoms with Crippen molar-refractivity contribution in [3.05, 3.63) is 30.6 Å². The van der Waals surface area contributed by atoms with Gasteiger partial charge in [0.15, 0.2) is 0 Å². The molecule has 0 spiro atoms. The van der Waals surface area contributed by atoms with Gasteiger partial charge in [0.25, 0.3) is 0 Å². The zero-order valence-corrected chi connectivity index (χ0v) is 13.6. The standard InChI is InChI=1S/C15H20N6O.ClH/c16-14-7-2-1-4-11(14)8-15(22)18-12-5-3-6-13(9-12)21-10-17-19-20-21;/h3,5-6,9-11,14H,1-2,4,7-8,16H2,(H,18,22);1H. The largest absolute Gasteiger partial charge is 0.327 e. The number of nitrogens with two attached hydrogens (primary N) is 1. The fraction of sp³-hybridized carbons (Fsp3) is 0.467. The summed E-state index contributed by atoms with van der Waals surface area (Å²) >= 11 is 0. The van der Waals surface area contributed by atoms with E-state index in [0.717, 1.165) is 24.2 Å². The van der Waals surface area contributed by atoms with E-state index in [9.17, 15) is 4.79 Å². The van der Waals surface area contributed by atoms with Gasteiger partial charge in [0.2, 0.25) is 5.91 Å². The van der Waals surface area contributed by atoms with Crippen LogP contribution in [0.3, 0.4) is 0 Å². The van der Waals surface area contributed by atoms with Crippen LogP contribution in [-0.2, 0) is 4.79 Å². The van der Waals surface area contributed by atoms with E-state index in [1.165, 1.54) is 19.2 Å². The molecule has 8 heteroatoms. The predicted octanol–water partition coefficient (Wildman–Crippen LogP) is 1.93. The van der Waals surface area contributed by atoms with Crippen molar-refractivity contribution in [3.63, 3.8) is 0 Å². The van der Waals surface area contributed by atoms with Gasteiger partial charge in [-0.25, -0.2) is 4.68 Å². The molecule has 1 aliphatic carbocycles. The highest BCUT2D eigenvalue weighted by molar-refractivity contribution is 5.91. The third kappa shape index (κ3) is 4.49. The number of rotatable bonds is 4. The van der Waals surface area contributed by atoms with Crippen LogP contribution in [0.1, 0.15) is 32.1 Å². The molecule has 2 aromatic rings. The quantitative estimate of drug-likeness (QED) is 0.888. The Morgan fingerprint density at radius 1 is 1.35 bits per heavy atom. The van der Waals surface area contributed by atoms with Crippen molar-refractivity contribution in [3.8, 4) is 5.69 Å². The first kappa shape index (κ1) is 17.4. The molecule has 2 atom stereocenters. The van der Waals surface area contributed by atoms with Crippen molar-refractivity contribution in [2.45, 2.75) is 38.1 Å². The molecule has 0 radical (unpaired) electrons. The number of tetrazole rings is 1. The van der Waals surface area contributed by atoms with Gasteiger partial charge in [0, 0.05) is 18.2 Å². The second kappa shape index (κ2) is 8.03. The van der Waals surface area contributed by atoms with E-state index in [0.29, 0.717) is 6.42 Å². The van der Waals surface area contributed by atoms with E-state index in [-0.39, 0.29) is 30.3 Å². The van der Waals surface area contributed by atoms with Crippen LogP contribution in [-0.4, -0.2) is 32.2 Å². The SMILES string of the molecule is Cl.NC1CCCCC1CC(=O)Nc1cccc(-n2cnnn2)c1. The summed E-state index contributed by atoms with van der Waals surface area (Å²) < 4.78 is 1.55. The number of hydrogen-bond donors (Lipinski definition) is 2. The van der Waals surface area contributed by atoms with E-state index < -0.39 is 0 Å². The molecular formula is C15H21ClN6O. The van der Waals surface area contributed by atoms with Crippen LogP contribution < -0.4 is 11.1 Å². The molecule has 1 heterocycles. The van der Waals surface area contributed by atoms with E-state index in [1.807, 2.05) is 24.3 Å². The Morgan fingerprint density at radius 3 is 2.91 bits per heavy atom. The van der Waals surface area contributed by atoms with Crippen LogP contribution in [0.25, 0.3) is 5.69 Å². The molecule has 23 heavy (non-hydrogen) atoms. The number of nitrogens with one attached hydrogen (secondary N) is 1. The topological polar surface area (TPSA) is 98.7 Å². The highest BCUT2D eigenvalue weighted by Crippen LogP contribution is 2.26. The molecule has 1 aromatic heterocycles. The van der Waals surface area contributed by atoms with Gasteiger partial charge < -0.3 is 11.1 Å². The molecule has 3 N–H and O–H groups in total. The van der Waals surface area contributed by atoms with Crippen LogP contribution in [0, 0.1) is 5.92 Å². The van der Waals surface area contributed by atoms with E-state index in [4.69, 9.17) is 5.73 Å². The fourth-order valence-corrected chi connectivity index (χ4v) is 2.95. The van der Waals surface area contributed by atoms with Gasteiger partial charge in [-0.2, -0.15) is 0 Å². The van der Waals surface area contributed by atoms with Gasteiger partial charge >= 0.3 is 0 Å². The number of amides is 1. The number of halogens is 1. The van der Waals surface area contributed by atoms with Gasteiger partial charge in [0.1, 0.15) is 6.33 Å². The third-order valence-corrected chi connectivity index (χ3v) is 4.16. The maximum absolute atomic E-state index is 12.2. The summed E-state index contributed by atoms with van der Waals surface area (Å²) in [7, 11) is 0. The van der Waals surface area contributed by atoms with E-state index in [1.54, 1.807) is 4.68 Å². The highest BCUT2D eigenvalue weighted by atomic mass is 35.5. The Balaban J connectivity index is 0.00000192. The number of anilines is 1. The van der Waals surface area contributed by atoms with Crippen LogP contribution in [0.2, 0.25) is 0 Å². The normalized spacial score (nSPS) is 20.6. The number of carbonyl (C=O) groups excluding carboxylic acids is 1. The molecule has 0 bridgehead atoms. The molecule has 0 saturated heterocycles. The van der Waals surface area contributed by atoms with E-state index in [2.05, 4.69) is 20.8 Å². The number of aromatic nitrogens is 4. The summed E-state index contributed by atoms with van der Waals surface area (Å²) in [5.41, 5.74) is 7.64. The van der Waals surface area contributed by atoms with Crippen LogP contribution in [0.15, 0.2) is 30.6 Å². The predicted molar refractivity (Wildman–Crippen MR) is 89.6 cm³/mol. The molecule has 1 saturated carbocycles. The summed E-state index contributed by atoms with van der Waals surface area (Å²) in [5, 5.41) is 14.0. The van der Waals surface area contributed by atoms with Crippen molar-refractivity contribution >= 4 is 24.0 Å². The van der Waals surface area contributed by atoms with Crippen molar-refractivity contribution in [1.82, 2.24) is 20.2 Å². The van der Waals surface area contributed by atoms with Gasteiger partial charge in [-0.1, -0.05) is 18.9 Å². The minimum absolute atomic E-state index is 0. The molecular weight excluding hydrogens is 316 g/mol. The van der Waals surface area contributed by atoms with Crippen LogP contribution >= 0.6 is 12.4 Å². The lowest BCUT2D eigenvalue weighted by Crippen LogP contribution is -2.35. The summed E-state index contributed by atoms with van der Waals surface area (Å²) in [6, 6.07) is 7.58. The van der Waals surface area contributed by atoms with Gasteiger partial charge in [-0.15, -0.1) is 17.5 Å². The maximum Gasteiger partial charge on any atom is 0.224 e. The summed E-state index contributed by atoms with van der Waals surface area (Å²) in [5.74, 6) is 0.299. The minimum Gasteiger partial charge on any atom is -0.327 e. The Hall–Kier alpha value is -1.99. The lowest BCUT2D eigenvalue weighted by atomic mass is 9.83. The first-order valence-electron chi connectivity index (χ1n) is 7.61. The van der Waals surface area contributed by atoms with Crippen molar-refractivity contribution in [1.29, 1.82) is 0 Å². The van der Waals surface area contributed by atoms with Gasteiger partial charge in [-0.3, -0.25) is 4.79 Å². The molecule has 2 unspecified atom stereocenters. The Kier molecular flexibility index (Phi) is 6.06. The first-order valence-corrected chi connectivity index (χ1v) is 7.61. The molecule has 1 aromatic carbocycles. The summed E-state index contributed by atoms with van der Waals surface area (Å²) in [6.07, 6.45) is 6.40. The third-order valence-electron chi connectivity index (χ3n) is 4.16. The Bertz CT molecular complexity index is 633. The second-order valence-corrected chi connectivity index (χ2v) is 5.77. The Labute approximate surface area is 141 Å². The number of benzene rings is 1. The smallest absolute Gasteiger partial charge is 0.224 e. The lowest BCUT2D eigenvalue weighted by Gasteiger charge is -2.27. The second-order valence-electron chi connectivity index (χ2n) is 5.77. The number of hydrogen-bond acceptors (Lipinski definition) is 5. The Morgan fingerprint density at radius 2 is 2.17 bits per heavy atom. The molecule has 124 valence electrons. The van der Waals surface area contributed by atoms with E-state index >= 15 is 0 Å². The number of carbonyl (C=O) groups is 1. The lowest BCUT2D eigenvalue weighted by molar-refractivity contribution is -0.117. The molecule has 3 rings (SSSR count). The van der Waals surface area contributed by atoms with Crippen molar-refractivity contribution in [2.75, 3.05) is 5.32 Å². The zero-order chi connectivity index (χ0) is 15.4. The molecule has 1 fully saturated rings. The first-order chi connectivity index (χ1) is 10.7. The minimum atomic E-state index is 0. The highest BCUT2D eigenvalue weighted by Gasteiger charge is 2.24. The zero-order valence-electron chi connectivity index (χ0n) is 12.8. The molecule has 1 amide bonds. The van der Waals surface area contributed by atoms with Gasteiger partial charge in [0.05, 0.1) is 5.69 Å².